The maximum Gasteiger partial charge on any atom is 0.331 e. The average molecular weight is 407 g/mol. The molecule has 0 spiro atoms. The van der Waals surface area contributed by atoms with Gasteiger partial charge >= 0.3 is 5.97 Å². The van der Waals surface area contributed by atoms with E-state index in [-0.39, 0.29) is 0 Å². The molecule has 1 heterocycles. The van der Waals surface area contributed by atoms with Gasteiger partial charge in [0.2, 0.25) is 0 Å². The van der Waals surface area contributed by atoms with Crippen LogP contribution in [0, 0.1) is 13.8 Å². The summed E-state index contributed by atoms with van der Waals surface area (Å²) in [6, 6.07) is 11.6. The Balaban J connectivity index is 1.62. The molecule has 3 aromatic rings. The highest BCUT2D eigenvalue weighted by Crippen LogP contribution is 2.22. The fraction of sp³-hybridized carbons (Fsp3) is 0.261. The lowest BCUT2D eigenvalue weighted by molar-refractivity contribution is -0.148. The Labute approximate surface area is 175 Å². The minimum Gasteiger partial charge on any atom is -0.497 e. The number of anilines is 1. The zero-order valence-corrected chi connectivity index (χ0v) is 17.7. The molecule has 0 aliphatic carbocycles. The molecular formula is C23H25N3O4. The molecule has 0 radical (unpaired) electrons. The van der Waals surface area contributed by atoms with E-state index in [0.29, 0.717) is 11.4 Å². The second-order valence-corrected chi connectivity index (χ2v) is 7.04. The van der Waals surface area contributed by atoms with Crippen molar-refractivity contribution < 1.29 is 19.1 Å². The van der Waals surface area contributed by atoms with Gasteiger partial charge in [0.25, 0.3) is 5.91 Å². The lowest BCUT2D eigenvalue weighted by Crippen LogP contribution is -2.29. The van der Waals surface area contributed by atoms with Crippen molar-refractivity contribution in [1.82, 2.24) is 9.78 Å². The summed E-state index contributed by atoms with van der Waals surface area (Å²) in [7, 11) is 3.43. The van der Waals surface area contributed by atoms with Crippen LogP contribution in [0.2, 0.25) is 0 Å². The summed E-state index contributed by atoms with van der Waals surface area (Å²) in [4.78, 5) is 24.5. The van der Waals surface area contributed by atoms with E-state index in [2.05, 4.69) is 10.4 Å². The van der Waals surface area contributed by atoms with E-state index in [0.717, 1.165) is 27.8 Å². The molecule has 1 aromatic heterocycles. The molecule has 7 nitrogen and oxygen atoms in total. The van der Waals surface area contributed by atoms with Crippen LogP contribution in [0.15, 0.2) is 42.5 Å². The third kappa shape index (κ3) is 4.68. The topological polar surface area (TPSA) is 82.4 Å². The first-order chi connectivity index (χ1) is 14.3. The first kappa shape index (κ1) is 21.1. The smallest absolute Gasteiger partial charge is 0.331 e. The van der Waals surface area contributed by atoms with Gasteiger partial charge in [0.1, 0.15) is 5.75 Å². The van der Waals surface area contributed by atoms with Gasteiger partial charge in [-0.05, 0) is 61.4 Å². The molecule has 0 saturated heterocycles. The highest BCUT2D eigenvalue weighted by Gasteiger charge is 2.20. The fourth-order valence-corrected chi connectivity index (χ4v) is 3.08. The Bertz CT molecular complexity index is 1130. The third-order valence-corrected chi connectivity index (χ3v) is 4.90. The monoisotopic (exact) mass is 407 g/mol. The molecule has 1 atom stereocenters. The second kappa shape index (κ2) is 8.82. The molecule has 0 saturated carbocycles. The number of hydrogen-bond donors (Lipinski definition) is 1. The molecule has 30 heavy (non-hydrogen) atoms. The average Bonchev–Trinajstić information content (AvgIpc) is 2.97. The van der Waals surface area contributed by atoms with Crippen molar-refractivity contribution in [3.63, 3.8) is 0 Å². The molecule has 2 aromatic carbocycles. The molecule has 0 fully saturated rings. The minimum absolute atomic E-state index is 0.407. The maximum absolute atomic E-state index is 12.4. The number of amides is 1. The number of benzene rings is 2. The molecule has 1 amide bonds. The van der Waals surface area contributed by atoms with Crippen LogP contribution >= 0.6 is 0 Å². The van der Waals surface area contributed by atoms with Crippen molar-refractivity contribution in [1.29, 1.82) is 0 Å². The number of carbonyl (C=O) groups excluding carboxylic acids is 2. The number of esters is 1. The molecule has 3 rings (SSSR count). The van der Waals surface area contributed by atoms with Crippen LogP contribution in [0.4, 0.5) is 5.69 Å². The van der Waals surface area contributed by atoms with E-state index in [1.807, 2.05) is 50.2 Å². The molecular weight excluding hydrogens is 382 g/mol. The molecule has 0 aliphatic rings. The Hall–Kier alpha value is -3.61. The van der Waals surface area contributed by atoms with Crippen LogP contribution in [0.3, 0.4) is 0 Å². The van der Waals surface area contributed by atoms with E-state index >= 15 is 0 Å². The normalized spacial score (nSPS) is 12.2. The highest BCUT2D eigenvalue weighted by molar-refractivity contribution is 5.97. The number of rotatable bonds is 6. The van der Waals surface area contributed by atoms with E-state index in [1.54, 1.807) is 24.9 Å². The van der Waals surface area contributed by atoms with Gasteiger partial charge in [-0.3, -0.25) is 9.48 Å². The van der Waals surface area contributed by atoms with E-state index in [4.69, 9.17) is 9.47 Å². The van der Waals surface area contributed by atoms with Gasteiger partial charge in [-0.2, -0.15) is 5.10 Å². The van der Waals surface area contributed by atoms with Crippen molar-refractivity contribution in [2.24, 2.45) is 7.05 Å². The quantitative estimate of drug-likeness (QED) is 0.497. The molecule has 156 valence electrons. The number of fused-ring (bicyclic) bond motifs is 1. The molecule has 0 unspecified atom stereocenters. The zero-order chi connectivity index (χ0) is 21.8. The first-order valence-corrected chi connectivity index (χ1v) is 9.56. The minimum atomic E-state index is -0.940. The van der Waals surface area contributed by atoms with Crippen molar-refractivity contribution >= 4 is 34.4 Å². The standard InChI is InChI=1S/C23H25N3O4/c1-14-22(15(2)26(4)25-14)24-23(28)16(3)30-21(27)11-7-17-6-8-19-13-20(29-5)10-9-18(19)12-17/h6-13,16H,1-5H3,(H,24,28)/b11-7+/t16-/m0/s1. The van der Waals surface area contributed by atoms with Gasteiger partial charge in [0.05, 0.1) is 24.2 Å². The van der Waals surface area contributed by atoms with E-state index in [1.165, 1.54) is 13.0 Å². The summed E-state index contributed by atoms with van der Waals surface area (Å²) in [6.45, 7) is 5.20. The summed E-state index contributed by atoms with van der Waals surface area (Å²) in [6.07, 6.45) is 2.03. The van der Waals surface area contributed by atoms with Crippen molar-refractivity contribution in [2.75, 3.05) is 12.4 Å². The summed E-state index contributed by atoms with van der Waals surface area (Å²) < 4.78 is 12.1. The van der Waals surface area contributed by atoms with Crippen LogP contribution in [-0.4, -0.2) is 34.9 Å². The maximum atomic E-state index is 12.4. The summed E-state index contributed by atoms with van der Waals surface area (Å²) in [5.41, 5.74) is 3.01. The summed E-state index contributed by atoms with van der Waals surface area (Å²) in [5.74, 6) is -0.207. The van der Waals surface area contributed by atoms with Crippen LogP contribution in [-0.2, 0) is 21.4 Å². The Kier molecular flexibility index (Phi) is 6.20. The van der Waals surface area contributed by atoms with Crippen LogP contribution in [0.1, 0.15) is 23.9 Å². The zero-order valence-electron chi connectivity index (χ0n) is 17.7. The van der Waals surface area contributed by atoms with Crippen molar-refractivity contribution in [3.8, 4) is 5.75 Å². The van der Waals surface area contributed by atoms with Gasteiger partial charge in [-0.25, -0.2) is 4.79 Å². The molecule has 1 N–H and O–H groups in total. The van der Waals surface area contributed by atoms with Gasteiger partial charge in [-0.15, -0.1) is 0 Å². The van der Waals surface area contributed by atoms with Crippen LogP contribution in [0.5, 0.6) is 5.75 Å². The van der Waals surface area contributed by atoms with Crippen molar-refractivity contribution in [2.45, 2.75) is 26.9 Å². The number of nitrogens with one attached hydrogen (secondary N) is 1. The summed E-state index contributed by atoms with van der Waals surface area (Å²) in [5, 5.41) is 9.10. The van der Waals surface area contributed by atoms with Crippen molar-refractivity contribution in [3.05, 3.63) is 59.4 Å². The number of ether oxygens (including phenoxy) is 2. The van der Waals surface area contributed by atoms with Gasteiger partial charge < -0.3 is 14.8 Å². The summed E-state index contributed by atoms with van der Waals surface area (Å²) >= 11 is 0. The van der Waals surface area contributed by atoms with Crippen LogP contribution < -0.4 is 10.1 Å². The molecule has 7 heteroatoms. The lowest BCUT2D eigenvalue weighted by Gasteiger charge is -2.12. The van der Waals surface area contributed by atoms with Gasteiger partial charge in [-0.1, -0.05) is 18.2 Å². The van der Waals surface area contributed by atoms with Crippen LogP contribution in [0.25, 0.3) is 16.8 Å². The Morgan fingerprint density at radius 3 is 2.50 bits per heavy atom. The number of methoxy groups -OCH3 is 1. The van der Waals surface area contributed by atoms with E-state index < -0.39 is 18.0 Å². The Morgan fingerprint density at radius 1 is 1.13 bits per heavy atom. The third-order valence-electron chi connectivity index (χ3n) is 4.90. The number of aryl methyl sites for hydroxylation is 2. The van der Waals surface area contributed by atoms with E-state index in [9.17, 15) is 9.59 Å². The predicted octanol–water partition coefficient (Wildman–Crippen LogP) is 3.78. The Morgan fingerprint density at radius 2 is 1.83 bits per heavy atom. The SMILES string of the molecule is COc1ccc2cc(/C=C/C(=O)O[C@@H](C)C(=O)Nc3c(C)nn(C)c3C)ccc2c1. The lowest BCUT2D eigenvalue weighted by atomic mass is 10.1. The largest absolute Gasteiger partial charge is 0.497 e. The number of carbonyl (C=O) groups is 2. The highest BCUT2D eigenvalue weighted by atomic mass is 16.5. The fourth-order valence-electron chi connectivity index (χ4n) is 3.08. The second-order valence-electron chi connectivity index (χ2n) is 7.04. The number of hydrogen-bond acceptors (Lipinski definition) is 5. The molecule has 0 aliphatic heterocycles. The van der Waals surface area contributed by atoms with Gasteiger partial charge in [0.15, 0.2) is 6.10 Å². The van der Waals surface area contributed by atoms with Gasteiger partial charge in [0, 0.05) is 13.1 Å². The molecule has 0 bridgehead atoms. The number of aromatic nitrogens is 2. The number of nitrogens with zero attached hydrogens (tertiary/aromatic N) is 2. The first-order valence-electron chi connectivity index (χ1n) is 9.56. The predicted molar refractivity (Wildman–Crippen MR) is 116 cm³/mol.